The summed E-state index contributed by atoms with van der Waals surface area (Å²) in [6, 6.07) is 3.88. The Balaban J connectivity index is 0.00000338. The number of guanidine groups is 1. The van der Waals surface area contributed by atoms with Gasteiger partial charge in [0.2, 0.25) is 5.91 Å². The number of aliphatic hydroxyl groups is 1. The van der Waals surface area contributed by atoms with Crippen LogP contribution in [0.5, 0.6) is 0 Å². The predicted molar refractivity (Wildman–Crippen MR) is 117 cm³/mol. The van der Waals surface area contributed by atoms with Crippen LogP contribution in [0.1, 0.15) is 30.7 Å². The third-order valence-corrected chi connectivity index (χ3v) is 5.33. The maximum absolute atomic E-state index is 11.0. The lowest BCUT2D eigenvalue weighted by molar-refractivity contribution is -0.119. The summed E-state index contributed by atoms with van der Waals surface area (Å²) in [5.41, 5.74) is 5.24. The van der Waals surface area contributed by atoms with Gasteiger partial charge in [0, 0.05) is 30.6 Å². The number of primary amides is 1. The Morgan fingerprint density at radius 3 is 2.73 bits per heavy atom. The molecule has 1 atom stereocenters. The van der Waals surface area contributed by atoms with Crippen LogP contribution in [0, 0.1) is 0 Å². The zero-order valence-corrected chi connectivity index (χ0v) is 18.7. The van der Waals surface area contributed by atoms with Gasteiger partial charge in [0.25, 0.3) is 0 Å². The Kier molecular flexibility index (Phi) is 10.8. The zero-order valence-electron chi connectivity index (χ0n) is 14.8. The van der Waals surface area contributed by atoms with Crippen molar-refractivity contribution in [2.75, 3.05) is 32.7 Å². The molecule has 148 valence electrons. The average Bonchev–Trinajstić information content (AvgIpc) is 3.00. The quantitative estimate of drug-likeness (QED) is 0.251. The highest BCUT2D eigenvalue weighted by Crippen LogP contribution is 2.26. The van der Waals surface area contributed by atoms with Gasteiger partial charge >= 0.3 is 0 Å². The number of nitrogens with one attached hydrogen (secondary N) is 2. The molecule has 0 radical (unpaired) electrons. The van der Waals surface area contributed by atoms with Gasteiger partial charge in [0.05, 0.1) is 17.4 Å². The Morgan fingerprint density at radius 1 is 1.50 bits per heavy atom. The van der Waals surface area contributed by atoms with Crippen molar-refractivity contribution < 1.29 is 9.90 Å². The van der Waals surface area contributed by atoms with E-state index in [1.807, 2.05) is 13.0 Å². The molecular weight excluding hydrogens is 489 g/mol. The van der Waals surface area contributed by atoms with Crippen molar-refractivity contribution in [2.24, 2.45) is 10.7 Å². The van der Waals surface area contributed by atoms with E-state index in [2.05, 4.69) is 20.5 Å². The molecule has 1 aliphatic heterocycles. The fraction of sp³-hybridized carbons (Fsp3) is 0.625. The number of rotatable bonds is 7. The maximum Gasteiger partial charge on any atom is 0.231 e. The van der Waals surface area contributed by atoms with E-state index >= 15 is 0 Å². The van der Waals surface area contributed by atoms with Crippen molar-refractivity contribution in [2.45, 2.75) is 31.9 Å². The third kappa shape index (κ3) is 7.95. The van der Waals surface area contributed by atoms with E-state index in [4.69, 9.17) is 17.3 Å². The standard InChI is InChI=1S/C16H26ClN5O2S.HI/c1-2-19-16(20-9-12(23)13-3-4-14(17)25-13)21-11-5-7-22(8-6-11)10-15(18)24;/h3-4,11-12,23H,2,5-10H2,1H3,(H2,18,24)(H2,19,20,21);1H. The van der Waals surface area contributed by atoms with Gasteiger partial charge in [-0.3, -0.25) is 14.7 Å². The summed E-state index contributed by atoms with van der Waals surface area (Å²) in [7, 11) is 0. The summed E-state index contributed by atoms with van der Waals surface area (Å²) in [5.74, 6) is 0.404. The van der Waals surface area contributed by atoms with Crippen molar-refractivity contribution in [3.8, 4) is 0 Å². The molecule has 0 spiro atoms. The first kappa shape index (κ1) is 23.4. The van der Waals surface area contributed by atoms with Gasteiger partial charge in [-0.2, -0.15) is 0 Å². The molecule has 10 heteroatoms. The minimum atomic E-state index is -0.662. The van der Waals surface area contributed by atoms with Crippen LogP contribution in [0.25, 0.3) is 0 Å². The summed E-state index contributed by atoms with van der Waals surface area (Å²) in [4.78, 5) is 18.3. The van der Waals surface area contributed by atoms with Crippen molar-refractivity contribution >= 4 is 58.8 Å². The number of aliphatic hydroxyl groups excluding tert-OH is 1. The molecule has 0 bridgehead atoms. The monoisotopic (exact) mass is 515 g/mol. The number of nitrogens with two attached hydrogens (primary N) is 1. The summed E-state index contributed by atoms with van der Waals surface area (Å²) in [6.45, 7) is 4.99. The Labute approximate surface area is 180 Å². The average molecular weight is 516 g/mol. The molecule has 1 aromatic heterocycles. The van der Waals surface area contributed by atoms with Gasteiger partial charge in [0.1, 0.15) is 6.10 Å². The van der Waals surface area contributed by atoms with E-state index in [9.17, 15) is 9.90 Å². The van der Waals surface area contributed by atoms with Crippen LogP contribution in [0.3, 0.4) is 0 Å². The van der Waals surface area contributed by atoms with Crippen molar-refractivity contribution in [3.63, 3.8) is 0 Å². The first-order chi connectivity index (χ1) is 12.0. The molecule has 2 rings (SSSR count). The van der Waals surface area contributed by atoms with E-state index < -0.39 is 6.10 Å². The Hall–Kier alpha value is -0.620. The van der Waals surface area contributed by atoms with E-state index in [1.54, 1.807) is 6.07 Å². The highest BCUT2D eigenvalue weighted by Gasteiger charge is 2.21. The van der Waals surface area contributed by atoms with Crippen LogP contribution >= 0.6 is 46.9 Å². The molecule has 26 heavy (non-hydrogen) atoms. The number of carbonyl (C=O) groups excluding carboxylic acids is 1. The molecular formula is C16H27ClIN5O2S. The number of halogens is 2. The molecule has 7 nitrogen and oxygen atoms in total. The fourth-order valence-electron chi connectivity index (χ4n) is 2.74. The summed E-state index contributed by atoms with van der Waals surface area (Å²) < 4.78 is 0.658. The normalized spacial score (nSPS) is 17.4. The second-order valence-electron chi connectivity index (χ2n) is 6.04. The van der Waals surface area contributed by atoms with E-state index in [1.165, 1.54) is 11.3 Å². The molecule has 1 saturated heterocycles. The predicted octanol–water partition coefficient (Wildman–Crippen LogP) is 1.56. The van der Waals surface area contributed by atoms with Crippen LogP contribution in [0.15, 0.2) is 17.1 Å². The van der Waals surface area contributed by atoms with Crippen molar-refractivity contribution in [1.82, 2.24) is 15.5 Å². The van der Waals surface area contributed by atoms with E-state index in [-0.39, 0.29) is 42.5 Å². The summed E-state index contributed by atoms with van der Waals surface area (Å²) in [5, 5.41) is 16.8. The smallest absolute Gasteiger partial charge is 0.231 e. The van der Waals surface area contributed by atoms with Crippen LogP contribution in [-0.2, 0) is 4.79 Å². The van der Waals surface area contributed by atoms with Crippen LogP contribution < -0.4 is 16.4 Å². The number of aliphatic imine (C=N–C) groups is 1. The third-order valence-electron chi connectivity index (χ3n) is 4.00. The number of likely N-dealkylation sites (tertiary alicyclic amines) is 1. The van der Waals surface area contributed by atoms with Gasteiger partial charge in [-0.05, 0) is 31.9 Å². The van der Waals surface area contributed by atoms with Gasteiger partial charge in [-0.1, -0.05) is 11.6 Å². The Morgan fingerprint density at radius 2 is 2.19 bits per heavy atom. The van der Waals surface area contributed by atoms with Crippen LogP contribution in [0.2, 0.25) is 4.34 Å². The molecule has 0 aromatic carbocycles. The lowest BCUT2D eigenvalue weighted by Crippen LogP contribution is -2.49. The molecule has 1 amide bonds. The van der Waals surface area contributed by atoms with Gasteiger partial charge in [-0.25, -0.2) is 0 Å². The minimum Gasteiger partial charge on any atom is -0.386 e. The Bertz CT molecular complexity index is 593. The molecule has 1 fully saturated rings. The first-order valence-corrected chi connectivity index (χ1v) is 9.66. The fourth-order valence-corrected chi connectivity index (χ4v) is 3.78. The molecule has 1 aromatic rings. The van der Waals surface area contributed by atoms with Crippen LogP contribution in [0.4, 0.5) is 0 Å². The number of piperidine rings is 1. The first-order valence-electron chi connectivity index (χ1n) is 8.46. The largest absolute Gasteiger partial charge is 0.386 e. The topological polar surface area (TPSA) is 103 Å². The minimum absolute atomic E-state index is 0. The maximum atomic E-state index is 11.0. The number of hydrogen-bond acceptors (Lipinski definition) is 5. The molecule has 1 aliphatic rings. The summed E-state index contributed by atoms with van der Waals surface area (Å²) in [6.07, 6.45) is 1.17. The molecule has 2 heterocycles. The lowest BCUT2D eigenvalue weighted by atomic mass is 10.1. The van der Waals surface area contributed by atoms with Gasteiger partial charge in [0.15, 0.2) is 5.96 Å². The van der Waals surface area contributed by atoms with Crippen molar-refractivity contribution in [1.29, 1.82) is 0 Å². The number of carbonyl (C=O) groups is 1. The highest BCUT2D eigenvalue weighted by atomic mass is 127. The SMILES string of the molecule is CCNC(=NCC(O)c1ccc(Cl)s1)NC1CCN(CC(N)=O)CC1.I. The number of nitrogens with zero attached hydrogens (tertiary/aromatic N) is 2. The number of hydrogen-bond donors (Lipinski definition) is 4. The lowest BCUT2D eigenvalue weighted by Gasteiger charge is -2.32. The van der Waals surface area contributed by atoms with Gasteiger partial charge in [-0.15, -0.1) is 35.3 Å². The van der Waals surface area contributed by atoms with Gasteiger partial charge < -0.3 is 21.5 Å². The number of thiophene rings is 1. The molecule has 0 aliphatic carbocycles. The van der Waals surface area contributed by atoms with E-state index in [0.717, 1.165) is 37.4 Å². The zero-order chi connectivity index (χ0) is 18.2. The molecule has 5 N–H and O–H groups in total. The van der Waals surface area contributed by atoms with Crippen molar-refractivity contribution in [3.05, 3.63) is 21.3 Å². The molecule has 1 unspecified atom stereocenters. The summed E-state index contributed by atoms with van der Waals surface area (Å²) >= 11 is 7.27. The number of amides is 1. The highest BCUT2D eigenvalue weighted by molar-refractivity contribution is 14.0. The van der Waals surface area contributed by atoms with E-state index in [0.29, 0.717) is 16.8 Å². The second-order valence-corrected chi connectivity index (χ2v) is 7.79. The molecule has 0 saturated carbocycles. The van der Waals surface area contributed by atoms with Crippen LogP contribution in [-0.4, -0.2) is 60.6 Å². The second kappa shape index (κ2) is 12.0.